The molecule has 5 N–H and O–H groups in total. The molecule has 252 valence electrons. The van der Waals surface area contributed by atoms with Crippen molar-refractivity contribution in [3.05, 3.63) is 87.6 Å². The number of hydrogen-bond donors (Lipinski definition) is 3. The lowest BCUT2D eigenvalue weighted by atomic mass is 9.86. The highest BCUT2D eigenvalue weighted by Gasteiger charge is 2.61. The molecule has 2 aliphatic rings. The minimum Gasteiger partial charge on any atom is -0.488 e. The third-order valence-electron chi connectivity index (χ3n) is 8.18. The summed E-state index contributed by atoms with van der Waals surface area (Å²) in [7, 11) is 0. The van der Waals surface area contributed by atoms with E-state index in [-0.39, 0.29) is 28.7 Å². The maximum absolute atomic E-state index is 15.0. The number of fused-ring (bicyclic) bond motifs is 2. The van der Waals surface area contributed by atoms with Crippen LogP contribution in [0.5, 0.6) is 11.5 Å². The summed E-state index contributed by atoms with van der Waals surface area (Å²) in [5.74, 6) is -1.72. The summed E-state index contributed by atoms with van der Waals surface area (Å²) >= 11 is 0. The predicted molar refractivity (Wildman–Crippen MR) is 172 cm³/mol. The van der Waals surface area contributed by atoms with Gasteiger partial charge in [-0.05, 0) is 61.7 Å². The number of aryl methyl sites for hydroxylation is 2. The van der Waals surface area contributed by atoms with E-state index in [1.54, 1.807) is 36.5 Å². The summed E-state index contributed by atoms with van der Waals surface area (Å²) in [4.78, 5) is 46.8. The van der Waals surface area contributed by atoms with Gasteiger partial charge in [0, 0.05) is 28.3 Å². The number of benzene rings is 2. The van der Waals surface area contributed by atoms with E-state index < -0.39 is 47.9 Å². The lowest BCUT2D eigenvalue weighted by Crippen LogP contribution is -2.52. The molecule has 6 rings (SSSR count). The Balaban J connectivity index is 0.00000221. The number of pyridine rings is 2. The third-order valence-corrected chi connectivity index (χ3v) is 8.18. The Bertz CT molecular complexity index is 1900. The number of hydrogen-bond acceptors (Lipinski definition) is 9. The molecule has 1 aliphatic carbocycles. The summed E-state index contributed by atoms with van der Waals surface area (Å²) in [6.07, 6.45) is -2.11. The number of primary amides is 1. The van der Waals surface area contributed by atoms with E-state index in [0.29, 0.717) is 22.2 Å². The third kappa shape index (κ3) is 6.15. The van der Waals surface area contributed by atoms with Gasteiger partial charge in [-0.2, -0.15) is 13.2 Å². The van der Waals surface area contributed by atoms with Crippen molar-refractivity contribution in [3.63, 3.8) is 0 Å². The minimum atomic E-state index is -5.36. The van der Waals surface area contributed by atoms with Gasteiger partial charge in [0.05, 0.1) is 18.3 Å². The van der Waals surface area contributed by atoms with Crippen LogP contribution in [0.3, 0.4) is 0 Å². The second-order valence-corrected chi connectivity index (χ2v) is 11.7. The van der Waals surface area contributed by atoms with Crippen LogP contribution < -0.4 is 26.3 Å². The first-order valence-corrected chi connectivity index (χ1v) is 15.4. The summed E-state index contributed by atoms with van der Waals surface area (Å²) in [6, 6.07) is 12.1. The molecular formula is C34H35F3N6O5. The topological polar surface area (TPSA) is 172 Å². The highest BCUT2D eigenvalue weighted by Crippen LogP contribution is 2.48. The van der Waals surface area contributed by atoms with E-state index in [1.807, 2.05) is 27.7 Å². The van der Waals surface area contributed by atoms with Gasteiger partial charge in [-0.1, -0.05) is 43.7 Å². The predicted octanol–water partition coefficient (Wildman–Crippen LogP) is 5.47. The van der Waals surface area contributed by atoms with E-state index in [2.05, 4.69) is 20.5 Å². The fourth-order valence-corrected chi connectivity index (χ4v) is 5.29. The molecule has 0 bridgehead atoms. The number of carbonyl (C=O) groups excluding carboxylic acids is 2. The van der Waals surface area contributed by atoms with Gasteiger partial charge in [-0.25, -0.2) is 4.98 Å². The first kappa shape index (κ1) is 34.2. The summed E-state index contributed by atoms with van der Waals surface area (Å²) in [5.41, 5.74) is 7.45. The number of rotatable bonds is 9. The average molecular weight is 665 g/mol. The van der Waals surface area contributed by atoms with Crippen LogP contribution >= 0.6 is 0 Å². The second-order valence-electron chi connectivity index (χ2n) is 11.7. The Hall–Kier alpha value is -5.11. The van der Waals surface area contributed by atoms with Crippen molar-refractivity contribution < 1.29 is 32.2 Å². The van der Waals surface area contributed by atoms with E-state index >= 15 is 13.2 Å². The van der Waals surface area contributed by atoms with Crippen molar-refractivity contribution in [1.82, 2.24) is 15.3 Å². The summed E-state index contributed by atoms with van der Waals surface area (Å²) < 4.78 is 56.6. The Labute approximate surface area is 274 Å². The van der Waals surface area contributed by atoms with Crippen molar-refractivity contribution in [2.24, 2.45) is 16.6 Å². The molecule has 0 saturated heterocycles. The molecule has 11 nitrogen and oxygen atoms in total. The first-order valence-electron chi connectivity index (χ1n) is 15.4. The number of ether oxygens (including phenoxy) is 2. The van der Waals surface area contributed by atoms with Gasteiger partial charge >= 0.3 is 6.18 Å². The number of nitrogens with two attached hydrogens (primary N) is 2. The van der Waals surface area contributed by atoms with Gasteiger partial charge < -0.3 is 26.3 Å². The largest absolute Gasteiger partial charge is 0.488 e. The molecule has 2 amide bonds. The molecular weight excluding hydrogens is 629 g/mol. The van der Waals surface area contributed by atoms with Crippen molar-refractivity contribution in [1.29, 1.82) is 0 Å². The molecule has 2 atom stereocenters. The molecule has 0 spiro atoms. The molecule has 2 unspecified atom stereocenters. The van der Waals surface area contributed by atoms with Crippen LogP contribution in [0, 0.1) is 18.8 Å². The fourth-order valence-electron chi connectivity index (χ4n) is 5.29. The van der Waals surface area contributed by atoms with Gasteiger partial charge in [0.15, 0.2) is 11.3 Å². The molecule has 4 aromatic rings. The van der Waals surface area contributed by atoms with E-state index in [9.17, 15) is 14.5 Å². The van der Waals surface area contributed by atoms with Crippen LogP contribution in [0.15, 0.2) is 59.9 Å². The molecule has 1 saturated carbocycles. The maximum Gasteiger partial charge on any atom is 0.424 e. The first-order chi connectivity index (χ1) is 22.8. The van der Waals surface area contributed by atoms with Gasteiger partial charge in [0.25, 0.3) is 11.4 Å². The number of nitrogens with one attached hydrogen (secondary N) is 1. The molecule has 3 heterocycles. The number of halogens is 3. The highest BCUT2D eigenvalue weighted by atomic mass is 19.4. The zero-order valence-corrected chi connectivity index (χ0v) is 26.8. The van der Waals surface area contributed by atoms with E-state index in [4.69, 9.17) is 20.9 Å². The van der Waals surface area contributed by atoms with Crippen molar-refractivity contribution in [2.45, 2.75) is 63.9 Å². The van der Waals surface area contributed by atoms with Crippen molar-refractivity contribution in [3.8, 4) is 22.8 Å². The molecule has 48 heavy (non-hydrogen) atoms. The molecule has 0 radical (unpaired) electrons. The summed E-state index contributed by atoms with van der Waals surface area (Å²) in [6.45, 7) is 5.83. The smallest absolute Gasteiger partial charge is 0.424 e. The molecule has 2 aromatic carbocycles. The average Bonchev–Trinajstić information content (AvgIpc) is 3.81. The number of nitroso groups, excluding NO2 is 1. The van der Waals surface area contributed by atoms with Gasteiger partial charge in [-0.3, -0.25) is 14.6 Å². The lowest BCUT2D eigenvalue weighted by Gasteiger charge is -2.30. The molecule has 14 heteroatoms. The van der Waals surface area contributed by atoms with Crippen LogP contribution in [0.4, 0.5) is 13.2 Å². The monoisotopic (exact) mass is 664 g/mol. The summed E-state index contributed by atoms with van der Waals surface area (Å²) in [5, 5.41) is 5.31. The van der Waals surface area contributed by atoms with Gasteiger partial charge in [0.1, 0.15) is 23.6 Å². The normalized spacial score (nSPS) is 18.1. The Morgan fingerprint density at radius 1 is 1.08 bits per heavy atom. The van der Waals surface area contributed by atoms with Crippen LogP contribution in [-0.2, 0) is 15.9 Å². The number of carbonyl (C=O) groups is 2. The van der Waals surface area contributed by atoms with Crippen LogP contribution in [0.25, 0.3) is 22.2 Å². The second kappa shape index (κ2) is 12.8. The number of aromatic nitrogens is 2. The van der Waals surface area contributed by atoms with Crippen LogP contribution in [0.1, 0.15) is 59.4 Å². The molecule has 1 fully saturated rings. The van der Waals surface area contributed by atoms with Gasteiger partial charge in [-0.15, -0.1) is 4.91 Å². The number of nitrogens with zero attached hydrogens (tertiary/aromatic N) is 3. The standard InChI is InChI=1S/C32H29F3N6O5.C2H6/c1-16-3-5-18(6-4-16)26-27-22(30(37,15-45-27)29(36)43)12-24(40-26)31(41-44,32(33,34)35)14-39-28(42)20-10-19-9-17(2)13-38-25(19)23(11-20)46-21-7-8-21;1-2/h3-6,9-13,21H,7-8,14-15,37H2,1-2H3,(H2,36,43)(H,39,42);1-2H3. The Morgan fingerprint density at radius 3 is 2.38 bits per heavy atom. The number of alkyl halides is 3. The zero-order valence-electron chi connectivity index (χ0n) is 26.8. The Kier molecular flexibility index (Phi) is 9.15. The quantitative estimate of drug-likeness (QED) is 0.198. The van der Waals surface area contributed by atoms with E-state index in [1.165, 1.54) is 12.1 Å². The molecule has 1 aliphatic heterocycles. The van der Waals surface area contributed by atoms with Crippen molar-refractivity contribution in [2.75, 3.05) is 13.2 Å². The Morgan fingerprint density at radius 2 is 1.77 bits per heavy atom. The van der Waals surface area contributed by atoms with Crippen LogP contribution in [-0.4, -0.2) is 47.2 Å². The van der Waals surface area contributed by atoms with E-state index in [0.717, 1.165) is 30.0 Å². The SMILES string of the molecule is CC.Cc1ccc(-c2nc(C(CNC(=O)c3cc(OC4CC4)c4ncc(C)cc4c3)(N=O)C(F)(F)F)cc3c2OCC3(N)C(N)=O)cc1. The molecule has 2 aromatic heterocycles. The van der Waals surface area contributed by atoms with Crippen LogP contribution in [0.2, 0.25) is 0 Å². The van der Waals surface area contributed by atoms with Crippen molar-refractivity contribution >= 4 is 22.7 Å². The lowest BCUT2D eigenvalue weighted by molar-refractivity contribution is -0.188. The van der Waals surface area contributed by atoms with Gasteiger partial charge in [0.2, 0.25) is 5.91 Å². The maximum atomic E-state index is 15.0. The minimum absolute atomic E-state index is 0.0112. The zero-order chi connectivity index (χ0) is 35.0. The number of amides is 2. The fraction of sp³-hybridized carbons (Fsp3) is 0.353. The highest BCUT2D eigenvalue weighted by molar-refractivity contribution is 6.00.